The molecule has 160 valence electrons. The fraction of sp³-hybridized carbons (Fsp3) is 0.650. The first-order valence-electron chi connectivity index (χ1n) is 9.61. The molecule has 9 heteroatoms. The fourth-order valence-electron chi connectivity index (χ4n) is 3.78. The lowest BCUT2D eigenvalue weighted by molar-refractivity contribution is -0.159. The molecule has 0 spiro atoms. The number of hydrogen-bond acceptors (Lipinski definition) is 4. The second-order valence-corrected chi connectivity index (χ2v) is 8.97. The quantitative estimate of drug-likeness (QED) is 0.712. The number of amides is 1. The molecule has 5 nitrogen and oxygen atoms in total. The highest BCUT2D eigenvalue weighted by molar-refractivity contribution is 6.62. The van der Waals surface area contributed by atoms with E-state index in [1.54, 1.807) is 24.3 Å². The third kappa shape index (κ3) is 3.80. The van der Waals surface area contributed by atoms with Gasteiger partial charge in [0, 0.05) is 0 Å². The Hall–Kier alpha value is -1.58. The summed E-state index contributed by atoms with van der Waals surface area (Å²) in [4.78, 5) is 12.8. The van der Waals surface area contributed by atoms with Gasteiger partial charge in [-0.25, -0.2) is 4.39 Å². The van der Waals surface area contributed by atoms with Crippen molar-refractivity contribution in [2.45, 2.75) is 77.0 Å². The van der Waals surface area contributed by atoms with Crippen LogP contribution in [0.2, 0.25) is 0 Å². The Balaban J connectivity index is 1.84. The van der Waals surface area contributed by atoms with E-state index in [0.29, 0.717) is 5.56 Å². The van der Waals surface area contributed by atoms with Crippen molar-refractivity contribution < 1.29 is 32.0 Å². The number of nitrogens with zero attached hydrogens (tertiary/aromatic N) is 1. The van der Waals surface area contributed by atoms with Crippen LogP contribution in [-0.4, -0.2) is 54.0 Å². The zero-order valence-electron chi connectivity index (χ0n) is 17.5. The largest absolute Gasteiger partial charge is 0.494 e. The number of alkyl halides is 3. The van der Waals surface area contributed by atoms with Gasteiger partial charge in [0.15, 0.2) is 0 Å². The molecule has 1 aromatic carbocycles. The van der Waals surface area contributed by atoms with Gasteiger partial charge in [-0.3, -0.25) is 4.79 Å². The van der Waals surface area contributed by atoms with Gasteiger partial charge in [-0.05, 0) is 52.6 Å². The van der Waals surface area contributed by atoms with Crippen LogP contribution in [0, 0.1) is 0 Å². The number of ether oxygens (including phenoxy) is 1. The van der Waals surface area contributed by atoms with Crippen LogP contribution in [-0.2, 0) is 18.8 Å². The van der Waals surface area contributed by atoms with Gasteiger partial charge in [-0.1, -0.05) is 24.3 Å². The first-order chi connectivity index (χ1) is 13.3. The number of benzene rings is 1. The third-order valence-electron chi connectivity index (χ3n) is 6.05. The number of carbonyl (C=O) groups is 1. The average molecular weight is 413 g/mol. The second kappa shape index (κ2) is 7.28. The molecule has 0 unspecified atom stereocenters. The Morgan fingerprint density at radius 1 is 1.07 bits per heavy atom. The maximum absolute atomic E-state index is 13.8. The van der Waals surface area contributed by atoms with Crippen molar-refractivity contribution in [2.75, 3.05) is 6.67 Å². The summed E-state index contributed by atoms with van der Waals surface area (Å²) in [5.41, 5.74) is -0.943. The van der Waals surface area contributed by atoms with Crippen LogP contribution in [0.1, 0.15) is 53.2 Å². The minimum Gasteiger partial charge on any atom is -0.399 e. The van der Waals surface area contributed by atoms with Crippen LogP contribution in [0.25, 0.3) is 0 Å². The molecule has 2 aliphatic rings. The molecule has 0 bridgehead atoms. The van der Waals surface area contributed by atoms with Gasteiger partial charge >= 0.3 is 13.5 Å². The van der Waals surface area contributed by atoms with Crippen molar-refractivity contribution in [3.8, 4) is 0 Å². The number of halogens is 3. The average Bonchev–Trinajstić information content (AvgIpc) is 3.02. The van der Waals surface area contributed by atoms with Gasteiger partial charge in [0.1, 0.15) is 18.5 Å². The van der Waals surface area contributed by atoms with E-state index in [1.807, 2.05) is 27.7 Å². The van der Waals surface area contributed by atoms with Crippen molar-refractivity contribution in [3.05, 3.63) is 29.8 Å². The summed E-state index contributed by atoms with van der Waals surface area (Å²) in [6.45, 7) is 9.79. The second-order valence-electron chi connectivity index (χ2n) is 8.97. The van der Waals surface area contributed by atoms with E-state index in [9.17, 15) is 18.0 Å². The van der Waals surface area contributed by atoms with Gasteiger partial charge in [0.05, 0.1) is 17.2 Å². The fourth-order valence-corrected chi connectivity index (χ4v) is 3.78. The monoisotopic (exact) mass is 413 g/mol. The number of hydrogen-bond donors (Lipinski definition) is 0. The van der Waals surface area contributed by atoms with Gasteiger partial charge in [-0.15, -0.1) is 0 Å². The van der Waals surface area contributed by atoms with Crippen LogP contribution >= 0.6 is 0 Å². The highest BCUT2D eigenvalue weighted by atomic mass is 19.3. The smallest absolute Gasteiger partial charge is 0.399 e. The summed E-state index contributed by atoms with van der Waals surface area (Å²) < 4.78 is 57.7. The maximum Gasteiger partial charge on any atom is 0.494 e. The summed E-state index contributed by atoms with van der Waals surface area (Å²) in [5.74, 6) is -1.44. The Labute approximate surface area is 169 Å². The van der Waals surface area contributed by atoms with Gasteiger partial charge in [-0.2, -0.15) is 8.78 Å². The lowest BCUT2D eigenvalue weighted by Crippen LogP contribution is -2.51. The lowest BCUT2D eigenvalue weighted by atomic mass is 9.78. The van der Waals surface area contributed by atoms with Crippen molar-refractivity contribution in [2.24, 2.45) is 0 Å². The molecule has 0 radical (unpaired) electrons. The molecule has 2 atom stereocenters. The van der Waals surface area contributed by atoms with Gasteiger partial charge in [0.25, 0.3) is 5.91 Å². The highest BCUT2D eigenvalue weighted by Gasteiger charge is 2.53. The number of carbonyl (C=O) groups excluding carboxylic acids is 1. The first-order valence-corrected chi connectivity index (χ1v) is 9.61. The standard InChI is InChI=1S/C20H27BF3NO4/c1-18(2)19(3,4)29-21(28-18)13-9-7-12(8-10-13)15-14(11-22)25(17(26)16(23)24)20(5,6)27-15/h7-10,14-16H,11H2,1-6H3/t14-,15+/m0/s1. The summed E-state index contributed by atoms with van der Waals surface area (Å²) in [6.07, 6.45) is -4.08. The van der Waals surface area contributed by atoms with Crippen molar-refractivity contribution in [3.63, 3.8) is 0 Å². The van der Waals surface area contributed by atoms with E-state index >= 15 is 0 Å². The van der Waals surface area contributed by atoms with Crippen molar-refractivity contribution >= 4 is 18.5 Å². The highest BCUT2D eigenvalue weighted by Crippen LogP contribution is 2.42. The Morgan fingerprint density at radius 2 is 1.59 bits per heavy atom. The van der Waals surface area contributed by atoms with E-state index in [1.165, 1.54) is 13.8 Å². The van der Waals surface area contributed by atoms with Crippen molar-refractivity contribution in [1.82, 2.24) is 4.90 Å². The zero-order chi connectivity index (χ0) is 21.8. The molecule has 2 saturated heterocycles. The topological polar surface area (TPSA) is 48.0 Å². The van der Waals surface area contributed by atoms with E-state index in [4.69, 9.17) is 14.0 Å². The summed E-state index contributed by atoms with van der Waals surface area (Å²) in [6, 6.07) is 5.87. The molecule has 2 heterocycles. The van der Waals surface area contributed by atoms with Crippen LogP contribution in [0.15, 0.2) is 24.3 Å². The minimum absolute atomic E-state index is 0.482. The molecule has 0 N–H and O–H groups in total. The molecule has 2 aliphatic heterocycles. The summed E-state index contributed by atoms with van der Waals surface area (Å²) in [7, 11) is -0.552. The zero-order valence-corrected chi connectivity index (χ0v) is 17.5. The van der Waals surface area contributed by atoms with Crippen LogP contribution in [0.5, 0.6) is 0 Å². The molecule has 2 fully saturated rings. The van der Waals surface area contributed by atoms with Gasteiger partial charge < -0.3 is 18.9 Å². The summed E-state index contributed by atoms with van der Waals surface area (Å²) >= 11 is 0. The Morgan fingerprint density at radius 3 is 2.03 bits per heavy atom. The normalized spacial score (nSPS) is 27.7. The molecular weight excluding hydrogens is 386 g/mol. The predicted molar refractivity (Wildman–Crippen MR) is 103 cm³/mol. The van der Waals surface area contributed by atoms with Crippen LogP contribution in [0.4, 0.5) is 13.2 Å². The molecule has 0 aliphatic carbocycles. The van der Waals surface area contributed by atoms with Crippen LogP contribution in [0.3, 0.4) is 0 Å². The van der Waals surface area contributed by atoms with Crippen LogP contribution < -0.4 is 5.46 Å². The molecule has 0 aromatic heterocycles. The van der Waals surface area contributed by atoms with Gasteiger partial charge in [0.2, 0.25) is 0 Å². The molecule has 1 amide bonds. The minimum atomic E-state index is -3.23. The molecule has 29 heavy (non-hydrogen) atoms. The van der Waals surface area contributed by atoms with E-state index < -0.39 is 55.2 Å². The lowest BCUT2D eigenvalue weighted by Gasteiger charge is -2.32. The number of rotatable bonds is 4. The van der Waals surface area contributed by atoms with Crippen molar-refractivity contribution in [1.29, 1.82) is 0 Å². The third-order valence-corrected chi connectivity index (χ3v) is 6.05. The van der Waals surface area contributed by atoms with E-state index in [0.717, 1.165) is 10.4 Å². The molecule has 0 saturated carbocycles. The van der Waals surface area contributed by atoms with E-state index in [-0.39, 0.29) is 0 Å². The molecule has 1 aromatic rings. The summed E-state index contributed by atoms with van der Waals surface area (Å²) in [5, 5.41) is 0. The first kappa shape index (κ1) is 22.1. The van der Waals surface area contributed by atoms with E-state index in [2.05, 4.69) is 0 Å². The SMILES string of the molecule is CC1(C)O[C@H](c2ccc(B3OC(C)(C)C(C)(C)O3)cc2)[C@H](CF)N1C(=O)C(F)F. The molecule has 3 rings (SSSR count). The maximum atomic E-state index is 13.8. The molecular formula is C20H27BF3NO4. The Bertz CT molecular complexity index is 753. The predicted octanol–water partition coefficient (Wildman–Crippen LogP) is 3.23. The Kier molecular flexibility index (Phi) is 5.56.